The van der Waals surface area contributed by atoms with Crippen LogP contribution in [-0.4, -0.2) is 48.4 Å². The largest absolute Gasteiger partial charge is 0.304 e. The number of rotatable bonds is 6. The molecule has 3 rings (SSSR count). The van der Waals surface area contributed by atoms with Crippen molar-refractivity contribution in [3.05, 3.63) is 24.5 Å². The van der Waals surface area contributed by atoms with Gasteiger partial charge in [-0.25, -0.2) is 0 Å². The molecule has 0 saturated heterocycles. The van der Waals surface area contributed by atoms with Crippen LogP contribution in [0.25, 0.3) is 11.4 Å². The van der Waals surface area contributed by atoms with Crippen molar-refractivity contribution in [1.82, 2.24) is 25.1 Å². The maximum absolute atomic E-state index is 12.4. The van der Waals surface area contributed by atoms with Gasteiger partial charge in [0.05, 0.1) is 11.8 Å². The predicted octanol–water partition coefficient (Wildman–Crippen LogP) is 2.70. The lowest BCUT2D eigenvalue weighted by atomic mass is 10.2. The molecule has 1 unspecified atom stereocenters. The van der Waals surface area contributed by atoms with Crippen molar-refractivity contribution in [1.29, 1.82) is 0 Å². The van der Waals surface area contributed by atoms with E-state index in [1.54, 1.807) is 24.2 Å². The van der Waals surface area contributed by atoms with E-state index in [0.29, 0.717) is 11.1 Å². The minimum atomic E-state index is -0.292. The highest BCUT2D eigenvalue weighted by Gasteiger charge is 2.22. The zero-order valence-electron chi connectivity index (χ0n) is 15.0. The molecule has 0 spiro atoms. The molecule has 1 amide bonds. The molecule has 0 fully saturated rings. The Morgan fingerprint density at radius 3 is 2.73 bits per heavy atom. The standard InChI is InChI=1S/C17H22N6OS2/c1-11(2)10-23-14(13-4-6-18-7-5-13)21-22-17(23)26-12(3)15(24)20-16-19-8-9-25-16/h4-7,11-12H,8-10H2,1-3H3,(H,19,20,24). The summed E-state index contributed by atoms with van der Waals surface area (Å²) in [6, 6.07) is 3.84. The van der Waals surface area contributed by atoms with Crippen LogP contribution in [0.15, 0.2) is 34.7 Å². The van der Waals surface area contributed by atoms with Gasteiger partial charge in [0.15, 0.2) is 16.1 Å². The number of hydrogen-bond donors (Lipinski definition) is 1. The third kappa shape index (κ3) is 4.64. The Morgan fingerprint density at radius 2 is 2.08 bits per heavy atom. The highest BCUT2D eigenvalue weighted by Crippen LogP contribution is 2.27. The van der Waals surface area contributed by atoms with Crippen LogP contribution in [0.3, 0.4) is 0 Å². The van der Waals surface area contributed by atoms with Crippen LogP contribution in [0.4, 0.5) is 0 Å². The lowest BCUT2D eigenvalue weighted by molar-refractivity contribution is -0.118. The minimum absolute atomic E-state index is 0.0623. The van der Waals surface area contributed by atoms with Gasteiger partial charge < -0.3 is 9.88 Å². The summed E-state index contributed by atoms with van der Waals surface area (Å²) in [5, 5.41) is 12.7. The first-order valence-electron chi connectivity index (χ1n) is 8.53. The molecule has 3 heterocycles. The Balaban J connectivity index is 1.78. The normalized spacial score (nSPS) is 15.2. The van der Waals surface area contributed by atoms with Crippen molar-refractivity contribution in [2.45, 2.75) is 37.7 Å². The highest BCUT2D eigenvalue weighted by atomic mass is 32.2. The first-order chi connectivity index (χ1) is 12.5. The second-order valence-corrected chi connectivity index (χ2v) is 8.72. The zero-order chi connectivity index (χ0) is 18.5. The lowest BCUT2D eigenvalue weighted by Gasteiger charge is -2.15. The van der Waals surface area contributed by atoms with Crippen molar-refractivity contribution < 1.29 is 4.79 Å². The maximum atomic E-state index is 12.4. The molecule has 0 saturated carbocycles. The summed E-state index contributed by atoms with van der Waals surface area (Å²) < 4.78 is 2.08. The predicted molar refractivity (Wildman–Crippen MR) is 106 cm³/mol. The molecule has 0 aliphatic carbocycles. The van der Waals surface area contributed by atoms with Gasteiger partial charge in [-0.2, -0.15) is 0 Å². The van der Waals surface area contributed by atoms with Crippen molar-refractivity contribution in [3.8, 4) is 11.4 Å². The molecule has 7 nitrogen and oxygen atoms in total. The van der Waals surface area contributed by atoms with Gasteiger partial charge in [-0.1, -0.05) is 37.4 Å². The fraction of sp³-hybridized carbons (Fsp3) is 0.471. The Hall–Kier alpha value is -1.87. The molecule has 0 aromatic carbocycles. The Bertz CT molecular complexity index is 790. The highest BCUT2D eigenvalue weighted by molar-refractivity contribution is 8.14. The topological polar surface area (TPSA) is 85.1 Å². The van der Waals surface area contributed by atoms with E-state index in [2.05, 4.69) is 43.9 Å². The number of aromatic nitrogens is 4. The van der Waals surface area contributed by atoms with E-state index >= 15 is 0 Å². The summed E-state index contributed by atoms with van der Waals surface area (Å²) in [6.07, 6.45) is 3.49. The Kier molecular flexibility index (Phi) is 6.31. The summed E-state index contributed by atoms with van der Waals surface area (Å²) in [6.45, 7) is 7.72. The second-order valence-electron chi connectivity index (χ2n) is 6.33. The van der Waals surface area contributed by atoms with Gasteiger partial charge in [-0.05, 0) is 25.0 Å². The molecule has 0 radical (unpaired) electrons. The van der Waals surface area contributed by atoms with E-state index in [1.807, 2.05) is 19.1 Å². The van der Waals surface area contributed by atoms with Crippen molar-refractivity contribution in [3.63, 3.8) is 0 Å². The number of carbonyl (C=O) groups is 1. The fourth-order valence-corrected chi connectivity index (χ4v) is 4.04. The first-order valence-corrected chi connectivity index (χ1v) is 10.4. The van der Waals surface area contributed by atoms with Crippen LogP contribution in [0.5, 0.6) is 0 Å². The second kappa shape index (κ2) is 8.68. The number of nitrogens with one attached hydrogen (secondary N) is 1. The van der Waals surface area contributed by atoms with Gasteiger partial charge in [0.25, 0.3) is 0 Å². The van der Waals surface area contributed by atoms with Crippen LogP contribution < -0.4 is 5.32 Å². The molecule has 2 aromatic rings. The zero-order valence-corrected chi connectivity index (χ0v) is 16.7. The number of hydrogen-bond acceptors (Lipinski definition) is 7. The number of carbonyl (C=O) groups excluding carboxylic acids is 1. The quantitative estimate of drug-likeness (QED) is 0.764. The number of amidine groups is 1. The molecule has 2 aromatic heterocycles. The third-order valence-corrected chi connectivity index (χ3v) is 5.64. The van der Waals surface area contributed by atoms with Gasteiger partial charge in [0, 0.05) is 30.3 Å². The molecule has 1 atom stereocenters. The van der Waals surface area contributed by atoms with Crippen molar-refractivity contribution in [2.24, 2.45) is 10.9 Å². The number of nitrogens with zero attached hydrogens (tertiary/aromatic N) is 5. The average Bonchev–Trinajstić information content (AvgIpc) is 3.26. The molecule has 138 valence electrons. The molecule has 0 bridgehead atoms. The SMILES string of the molecule is CC(C)Cn1c(SC(C)C(=O)NC2=NCCS2)nnc1-c1ccncc1. The molecule has 1 N–H and O–H groups in total. The number of amides is 1. The fourth-order valence-electron chi connectivity index (χ4n) is 2.45. The van der Waals surface area contributed by atoms with Gasteiger partial charge in [-0.3, -0.25) is 14.8 Å². The number of pyridine rings is 1. The van der Waals surface area contributed by atoms with E-state index in [4.69, 9.17) is 0 Å². The summed E-state index contributed by atoms with van der Waals surface area (Å²) in [7, 11) is 0. The van der Waals surface area contributed by atoms with Crippen molar-refractivity contribution in [2.75, 3.05) is 12.3 Å². The molecule has 26 heavy (non-hydrogen) atoms. The first kappa shape index (κ1) is 18.9. The van der Waals surface area contributed by atoms with Gasteiger partial charge >= 0.3 is 0 Å². The summed E-state index contributed by atoms with van der Waals surface area (Å²) in [4.78, 5) is 20.7. The van der Waals surface area contributed by atoms with Gasteiger partial charge in [0.1, 0.15) is 0 Å². The van der Waals surface area contributed by atoms with Gasteiger partial charge in [0.2, 0.25) is 5.91 Å². The van der Waals surface area contributed by atoms with Crippen LogP contribution in [0.1, 0.15) is 20.8 Å². The molecule has 1 aliphatic rings. The molecular formula is C17H22N6OS2. The van der Waals surface area contributed by atoms with Crippen LogP contribution in [-0.2, 0) is 11.3 Å². The van der Waals surface area contributed by atoms with E-state index in [-0.39, 0.29) is 11.2 Å². The number of thioether (sulfide) groups is 2. The van der Waals surface area contributed by atoms with E-state index in [9.17, 15) is 4.79 Å². The van der Waals surface area contributed by atoms with E-state index < -0.39 is 0 Å². The summed E-state index contributed by atoms with van der Waals surface area (Å²) in [5.74, 6) is 2.09. The Labute approximate surface area is 161 Å². The number of aliphatic imine (C=N–C) groups is 1. The van der Waals surface area contributed by atoms with Crippen LogP contribution in [0, 0.1) is 5.92 Å². The van der Waals surface area contributed by atoms with Crippen LogP contribution >= 0.6 is 23.5 Å². The molecule has 9 heteroatoms. The van der Waals surface area contributed by atoms with Crippen LogP contribution in [0.2, 0.25) is 0 Å². The third-order valence-electron chi connectivity index (χ3n) is 3.67. The maximum Gasteiger partial charge on any atom is 0.239 e. The lowest BCUT2D eigenvalue weighted by Crippen LogP contribution is -2.34. The Morgan fingerprint density at radius 1 is 1.31 bits per heavy atom. The monoisotopic (exact) mass is 390 g/mol. The van der Waals surface area contributed by atoms with E-state index in [1.165, 1.54) is 11.8 Å². The minimum Gasteiger partial charge on any atom is -0.304 e. The van der Waals surface area contributed by atoms with Gasteiger partial charge in [-0.15, -0.1) is 10.2 Å². The van der Waals surface area contributed by atoms with Crippen molar-refractivity contribution >= 4 is 34.6 Å². The summed E-state index contributed by atoms with van der Waals surface area (Å²) in [5.41, 5.74) is 0.966. The molecular weight excluding hydrogens is 368 g/mol. The molecule has 1 aliphatic heterocycles. The smallest absolute Gasteiger partial charge is 0.239 e. The average molecular weight is 391 g/mol. The van der Waals surface area contributed by atoms with E-state index in [0.717, 1.165) is 35.4 Å². The summed E-state index contributed by atoms with van der Waals surface area (Å²) >= 11 is 2.99.